The van der Waals surface area contributed by atoms with Crippen molar-refractivity contribution in [2.45, 2.75) is 104 Å². The Morgan fingerprint density at radius 2 is 0.642 bits per heavy atom. The largest absolute Gasteiger partial charge is 1.00 e. The minimum Gasteiger partial charge on any atom is -0.366 e. The zero-order valence-corrected chi connectivity index (χ0v) is 38.7. The monoisotopic (exact) mass is 922 g/mol. The first-order valence-electron chi connectivity index (χ1n) is 18.2. The molecule has 6 rings (SSSR count). The summed E-state index contributed by atoms with van der Waals surface area (Å²) < 4.78 is 0. The van der Waals surface area contributed by atoms with E-state index >= 15 is 0 Å². The van der Waals surface area contributed by atoms with Gasteiger partial charge < -0.3 is 12.8 Å². The van der Waals surface area contributed by atoms with Crippen LogP contribution in [0.3, 0.4) is 0 Å². The van der Waals surface area contributed by atoms with E-state index in [-0.39, 0.29) is 44.8 Å². The molecule has 0 spiro atoms. The van der Waals surface area contributed by atoms with Crippen molar-refractivity contribution in [1.82, 2.24) is 0 Å². The molecular formula is C49H58Ag2P2+2. The van der Waals surface area contributed by atoms with Gasteiger partial charge in [-0.3, -0.25) is 11.8 Å². The van der Waals surface area contributed by atoms with E-state index in [1.807, 2.05) is 72.8 Å². The zero-order chi connectivity index (χ0) is 37.8. The average molecular weight is 925 g/mol. The molecule has 0 aliphatic rings. The van der Waals surface area contributed by atoms with Crippen LogP contribution in [0.2, 0.25) is 0 Å². The van der Waals surface area contributed by atoms with Crippen LogP contribution in [-0.4, -0.2) is 26.5 Å². The maximum absolute atomic E-state index is 7.35. The second-order valence-electron chi connectivity index (χ2n) is 17.8. The van der Waals surface area contributed by atoms with Gasteiger partial charge in [-0.25, -0.2) is 0 Å². The summed E-state index contributed by atoms with van der Waals surface area (Å²) >= 11 is 0. The molecule has 0 aromatic heterocycles. The van der Waals surface area contributed by atoms with Crippen molar-refractivity contribution in [3.63, 3.8) is 0 Å². The fourth-order valence-electron chi connectivity index (χ4n) is 7.80. The average Bonchev–Trinajstić information content (AvgIpc) is 3.06. The third-order valence-corrected chi connectivity index (χ3v) is 19.9. The third kappa shape index (κ3) is 11.9. The predicted molar refractivity (Wildman–Crippen MR) is 236 cm³/mol. The van der Waals surface area contributed by atoms with E-state index in [4.69, 9.17) is 12.8 Å². The molecule has 0 heterocycles. The van der Waals surface area contributed by atoms with Crippen LogP contribution in [0.4, 0.5) is 0 Å². The van der Waals surface area contributed by atoms with Crippen molar-refractivity contribution >= 4 is 58.9 Å². The molecule has 0 radical (unpaired) electrons. The molecule has 6 aromatic rings. The van der Waals surface area contributed by atoms with Crippen LogP contribution in [0.5, 0.6) is 0 Å². The van der Waals surface area contributed by atoms with E-state index < -0.39 is 15.8 Å². The van der Waals surface area contributed by atoms with E-state index in [0.717, 1.165) is 32.7 Å². The Morgan fingerprint density at radius 1 is 0.396 bits per heavy atom. The molecule has 0 fully saturated rings. The molecule has 4 heteroatoms. The SMILES string of the molecule is CC(C)(C)[PH+](C[PH+](C(C)(C)C)C(C)(C)C)C(C)(C)C.[Ag+].[Ag+].[C-]#Cc1cc2ccccc2c2ccccc12.[C-]#Cc1cc2ccccc2c2ccccc12. The normalized spacial score (nSPS) is 11.8. The number of hydrogen-bond acceptors (Lipinski definition) is 0. The maximum Gasteiger partial charge on any atom is 1.00 e. The Labute approximate surface area is 355 Å². The van der Waals surface area contributed by atoms with Crippen molar-refractivity contribution in [2.75, 3.05) is 5.90 Å². The Bertz CT molecular complexity index is 2020. The maximum atomic E-state index is 7.35. The van der Waals surface area contributed by atoms with Gasteiger partial charge in [0.25, 0.3) is 0 Å². The van der Waals surface area contributed by atoms with Gasteiger partial charge in [0, 0.05) is 15.8 Å². The molecule has 0 saturated carbocycles. The van der Waals surface area contributed by atoms with Crippen LogP contribution in [0, 0.1) is 24.7 Å². The summed E-state index contributed by atoms with van der Waals surface area (Å²) in [5, 5.41) is 11.3. The summed E-state index contributed by atoms with van der Waals surface area (Å²) in [4.78, 5) is 0. The molecule has 0 bridgehead atoms. The molecule has 0 amide bonds. The molecule has 0 unspecified atom stereocenters. The Hall–Kier alpha value is -2.18. The van der Waals surface area contributed by atoms with Crippen LogP contribution >= 0.6 is 15.8 Å². The van der Waals surface area contributed by atoms with Gasteiger partial charge in [0.2, 0.25) is 0 Å². The first-order chi connectivity index (χ1) is 23.8. The minimum absolute atomic E-state index is 0. The molecule has 0 saturated heterocycles. The van der Waals surface area contributed by atoms with Gasteiger partial charge in [-0.1, -0.05) is 108 Å². The van der Waals surface area contributed by atoms with Crippen molar-refractivity contribution in [2.24, 2.45) is 0 Å². The van der Waals surface area contributed by atoms with Crippen molar-refractivity contribution in [3.8, 4) is 11.8 Å². The second kappa shape index (κ2) is 19.1. The summed E-state index contributed by atoms with van der Waals surface area (Å²) in [5.41, 5.74) is 1.71. The topological polar surface area (TPSA) is 0 Å². The first kappa shape index (κ1) is 47.0. The van der Waals surface area contributed by atoms with Crippen LogP contribution in [-0.2, 0) is 44.8 Å². The fourth-order valence-corrected chi connectivity index (χ4v) is 22.2. The van der Waals surface area contributed by atoms with Crippen LogP contribution in [0.15, 0.2) is 109 Å². The number of benzene rings is 6. The van der Waals surface area contributed by atoms with Crippen molar-refractivity contribution < 1.29 is 44.8 Å². The molecule has 0 nitrogen and oxygen atoms in total. The van der Waals surface area contributed by atoms with Gasteiger partial charge in [0.05, 0.1) is 20.6 Å². The molecule has 284 valence electrons. The first-order valence-corrected chi connectivity index (χ1v) is 21.6. The quantitative estimate of drug-likeness (QED) is 0.0534. The third-order valence-electron chi connectivity index (χ3n) is 9.78. The molecule has 0 atom stereocenters. The fraction of sp³-hybridized carbons (Fsp3) is 0.347. The van der Waals surface area contributed by atoms with Crippen molar-refractivity contribution in [1.29, 1.82) is 0 Å². The number of fused-ring (bicyclic) bond motifs is 6. The summed E-state index contributed by atoms with van der Waals surface area (Å²) in [6.45, 7) is 29.6. The van der Waals surface area contributed by atoms with Crippen LogP contribution in [0.25, 0.3) is 43.1 Å². The molecule has 0 N–H and O–H groups in total. The standard InChI is InChI=1S/C17H38P2.2C16H9.2Ag/c1-14(2,3)18(15(4,5)6)13-19(16(7,8)9)17(10,11)12;2*1-2-12-11-13-7-3-4-9-15(13)16-10-6-5-8-14(12)16;;/h13H2,1-12H3;2*3-11H;;/q;2*-1;2*+1/p+2. The Morgan fingerprint density at radius 3 is 0.906 bits per heavy atom. The molecule has 53 heavy (non-hydrogen) atoms. The number of hydrogen-bond donors (Lipinski definition) is 0. The summed E-state index contributed by atoms with van der Waals surface area (Å²) in [6, 6.07) is 36.9. The van der Waals surface area contributed by atoms with E-state index in [1.54, 1.807) is 0 Å². The van der Waals surface area contributed by atoms with Crippen molar-refractivity contribution in [3.05, 3.63) is 133 Å². The van der Waals surface area contributed by atoms with Crippen LogP contribution in [0.1, 0.15) is 94.2 Å². The summed E-state index contributed by atoms with van der Waals surface area (Å²) in [5.74, 6) is 6.55. The van der Waals surface area contributed by atoms with E-state index in [9.17, 15) is 0 Å². The zero-order valence-electron chi connectivity index (χ0n) is 33.7. The Balaban J connectivity index is 0.000000270. The minimum atomic E-state index is -0.394. The predicted octanol–water partition coefficient (Wildman–Crippen LogP) is 14.4. The number of rotatable bonds is 2. The van der Waals surface area contributed by atoms with E-state index in [1.165, 1.54) is 27.4 Å². The van der Waals surface area contributed by atoms with Gasteiger partial charge in [0.1, 0.15) is 0 Å². The van der Waals surface area contributed by atoms with Gasteiger partial charge in [-0.15, -0.1) is 23.3 Å². The van der Waals surface area contributed by atoms with E-state index in [0.29, 0.717) is 20.6 Å². The molecular weight excluding hydrogens is 866 g/mol. The molecule has 6 aromatic carbocycles. The molecule has 0 aliphatic heterocycles. The smallest absolute Gasteiger partial charge is 0.366 e. The van der Waals surface area contributed by atoms with Gasteiger partial charge >= 0.3 is 44.8 Å². The Kier molecular flexibility index (Phi) is 16.9. The summed E-state index contributed by atoms with van der Waals surface area (Å²) in [6.07, 6.45) is 14.7. The van der Waals surface area contributed by atoms with Gasteiger partial charge in [-0.2, -0.15) is 0 Å². The second-order valence-corrected chi connectivity index (χ2v) is 27.1. The molecule has 0 aliphatic carbocycles. The van der Waals surface area contributed by atoms with Crippen LogP contribution < -0.4 is 0 Å². The van der Waals surface area contributed by atoms with E-state index in [2.05, 4.69) is 131 Å². The summed E-state index contributed by atoms with van der Waals surface area (Å²) in [7, 11) is -0.788. The van der Waals surface area contributed by atoms with Gasteiger partial charge in [0.15, 0.2) is 5.90 Å². The van der Waals surface area contributed by atoms with Gasteiger partial charge in [-0.05, 0) is 115 Å².